The third-order valence-electron chi connectivity index (χ3n) is 6.35. The van der Waals surface area contributed by atoms with Crippen molar-refractivity contribution in [1.29, 1.82) is 0 Å². The van der Waals surface area contributed by atoms with Gasteiger partial charge in [-0.2, -0.15) is 5.10 Å². The number of allylic oxidation sites excluding steroid dienone is 1. The first-order chi connectivity index (χ1) is 12.7. The number of hydrogen-bond acceptors (Lipinski definition) is 4. The number of alkyl halides is 2. The highest BCUT2D eigenvalue weighted by Gasteiger charge is 2.78. The zero-order valence-corrected chi connectivity index (χ0v) is 15.3. The Hall–Kier alpha value is -2.29. The first-order valence-corrected chi connectivity index (χ1v) is 9.28. The second kappa shape index (κ2) is 6.12. The molecule has 1 aromatic rings. The van der Waals surface area contributed by atoms with Crippen molar-refractivity contribution in [2.75, 3.05) is 18.4 Å². The SMILES string of the molecule is C[C@@]12CC(N)=C(C(=[NH2+])C(=O)Nc3cnn(C4CCNCC4)c3)C[C@@H]1C2(F)F. The number of carbonyl (C=O) groups is 1. The highest BCUT2D eigenvalue weighted by atomic mass is 19.3. The van der Waals surface area contributed by atoms with Gasteiger partial charge in [0.05, 0.1) is 17.9 Å². The molecule has 1 aliphatic heterocycles. The second-order valence-corrected chi connectivity index (χ2v) is 8.04. The van der Waals surface area contributed by atoms with Crippen molar-refractivity contribution in [3.8, 4) is 0 Å². The quantitative estimate of drug-likeness (QED) is 0.561. The molecular formula is C18H25F2N6O+. The zero-order valence-electron chi connectivity index (χ0n) is 15.3. The molecular weight excluding hydrogens is 354 g/mol. The number of amides is 1. The largest absolute Gasteiger partial charge is 0.402 e. The van der Waals surface area contributed by atoms with E-state index in [1.807, 2.05) is 4.68 Å². The molecule has 2 aliphatic carbocycles. The van der Waals surface area contributed by atoms with Crippen LogP contribution in [0, 0.1) is 11.3 Å². The van der Waals surface area contributed by atoms with E-state index in [4.69, 9.17) is 11.1 Å². The Morgan fingerprint density at radius 2 is 2.15 bits per heavy atom. The molecule has 2 atom stereocenters. The lowest BCUT2D eigenvalue weighted by atomic mass is 9.86. The summed E-state index contributed by atoms with van der Waals surface area (Å²) in [4.78, 5) is 12.5. The average molecular weight is 379 g/mol. The average Bonchev–Trinajstić information content (AvgIpc) is 2.94. The third-order valence-corrected chi connectivity index (χ3v) is 6.35. The topological polar surface area (TPSA) is 111 Å². The summed E-state index contributed by atoms with van der Waals surface area (Å²) in [6.45, 7) is 3.41. The first kappa shape index (κ1) is 18.1. The fourth-order valence-corrected chi connectivity index (χ4v) is 4.40. The molecule has 7 nitrogen and oxygen atoms in total. The van der Waals surface area contributed by atoms with E-state index in [9.17, 15) is 13.6 Å². The standard InChI is InChI=1S/C18H24F2N6O/c1-17-7-13(21)12(6-14(17)18(17,19)20)15(22)16(27)25-10-8-24-26(9-10)11-2-4-23-5-3-11/h8-9,11,14,22-23H,2-7,21H2,1H3,(H,25,27)/p+1/t14-,17+/m0/s1. The Labute approximate surface area is 155 Å². The van der Waals surface area contributed by atoms with Crippen LogP contribution in [0.4, 0.5) is 14.5 Å². The van der Waals surface area contributed by atoms with Crippen molar-refractivity contribution in [1.82, 2.24) is 15.1 Å². The lowest BCUT2D eigenvalue weighted by Crippen LogP contribution is -2.49. The van der Waals surface area contributed by atoms with Gasteiger partial charge in [-0.25, -0.2) is 14.2 Å². The summed E-state index contributed by atoms with van der Waals surface area (Å²) in [6, 6.07) is 0.296. The maximum Gasteiger partial charge on any atom is 0.320 e. The Morgan fingerprint density at radius 1 is 1.44 bits per heavy atom. The monoisotopic (exact) mass is 379 g/mol. The van der Waals surface area contributed by atoms with Crippen LogP contribution in [-0.2, 0) is 4.79 Å². The van der Waals surface area contributed by atoms with Gasteiger partial charge in [0.1, 0.15) is 0 Å². The van der Waals surface area contributed by atoms with Gasteiger partial charge in [0.15, 0.2) is 0 Å². The van der Waals surface area contributed by atoms with Crippen molar-refractivity contribution >= 4 is 17.3 Å². The Bertz CT molecular complexity index is 826. The van der Waals surface area contributed by atoms with Gasteiger partial charge in [-0.05, 0) is 38.8 Å². The van der Waals surface area contributed by atoms with Gasteiger partial charge < -0.3 is 16.4 Å². The lowest BCUT2D eigenvalue weighted by molar-refractivity contribution is -0.132. The second-order valence-electron chi connectivity index (χ2n) is 8.04. The number of nitrogens with one attached hydrogen (secondary N) is 2. The first-order valence-electron chi connectivity index (χ1n) is 9.28. The summed E-state index contributed by atoms with van der Waals surface area (Å²) >= 11 is 0. The lowest BCUT2D eigenvalue weighted by Gasteiger charge is -2.22. The van der Waals surface area contributed by atoms with Crippen molar-refractivity contribution in [2.24, 2.45) is 17.1 Å². The van der Waals surface area contributed by atoms with E-state index in [1.165, 1.54) is 6.92 Å². The molecule has 146 valence electrons. The number of hydrogen-bond donors (Lipinski definition) is 4. The zero-order chi connectivity index (χ0) is 19.4. The minimum absolute atomic E-state index is 0.0307. The molecule has 27 heavy (non-hydrogen) atoms. The Balaban J connectivity index is 1.42. The van der Waals surface area contributed by atoms with Crippen molar-refractivity contribution < 1.29 is 19.0 Å². The van der Waals surface area contributed by atoms with Crippen LogP contribution in [0.1, 0.15) is 38.6 Å². The van der Waals surface area contributed by atoms with Crippen LogP contribution in [0.3, 0.4) is 0 Å². The van der Waals surface area contributed by atoms with Crippen molar-refractivity contribution in [3.05, 3.63) is 23.7 Å². The van der Waals surface area contributed by atoms with Crippen molar-refractivity contribution in [3.63, 3.8) is 0 Å². The van der Waals surface area contributed by atoms with Gasteiger partial charge in [-0.15, -0.1) is 0 Å². The van der Waals surface area contributed by atoms with Crippen LogP contribution in [0.5, 0.6) is 0 Å². The molecule has 0 spiro atoms. The summed E-state index contributed by atoms with van der Waals surface area (Å²) in [5.41, 5.74) is 5.94. The summed E-state index contributed by atoms with van der Waals surface area (Å²) in [6.07, 6.45) is 5.37. The van der Waals surface area contributed by atoms with Gasteiger partial charge in [-0.1, -0.05) is 6.92 Å². The smallest absolute Gasteiger partial charge is 0.320 e. The molecule has 0 aromatic carbocycles. The van der Waals surface area contributed by atoms with Gasteiger partial charge >= 0.3 is 5.91 Å². The molecule has 2 heterocycles. The van der Waals surface area contributed by atoms with E-state index in [1.54, 1.807) is 12.4 Å². The molecule has 2 fully saturated rings. The van der Waals surface area contributed by atoms with E-state index < -0.39 is 23.2 Å². The summed E-state index contributed by atoms with van der Waals surface area (Å²) < 4.78 is 29.8. The number of rotatable bonds is 4. The molecule has 4 rings (SSSR count). The third kappa shape index (κ3) is 2.84. The number of piperidine rings is 1. The number of anilines is 1. The minimum atomic E-state index is -2.76. The van der Waals surface area contributed by atoms with Gasteiger partial charge in [-0.3, -0.25) is 9.48 Å². The Morgan fingerprint density at radius 3 is 2.85 bits per heavy atom. The van der Waals surface area contributed by atoms with Crippen molar-refractivity contribution in [2.45, 2.75) is 44.6 Å². The fraction of sp³-hybridized carbons (Fsp3) is 0.611. The van der Waals surface area contributed by atoms with Crippen LogP contribution in [0.2, 0.25) is 0 Å². The molecule has 1 saturated heterocycles. The van der Waals surface area contributed by atoms with E-state index in [0.717, 1.165) is 25.9 Å². The van der Waals surface area contributed by atoms with E-state index in [2.05, 4.69) is 15.7 Å². The number of nitrogens with zero attached hydrogens (tertiary/aromatic N) is 2. The highest BCUT2D eigenvalue weighted by Crippen LogP contribution is 2.72. The predicted octanol–water partition coefficient (Wildman–Crippen LogP) is 0.224. The van der Waals surface area contributed by atoms with Gasteiger partial charge in [0.25, 0.3) is 11.6 Å². The molecule has 1 saturated carbocycles. The highest BCUT2D eigenvalue weighted by molar-refractivity contribution is 6.46. The normalized spacial score (nSPS) is 30.0. The minimum Gasteiger partial charge on any atom is -0.402 e. The van der Waals surface area contributed by atoms with Crippen LogP contribution in [-0.4, -0.2) is 40.4 Å². The molecule has 6 N–H and O–H groups in total. The summed E-state index contributed by atoms with van der Waals surface area (Å²) in [7, 11) is 0. The van der Waals surface area contributed by atoms with Gasteiger partial charge in [0.2, 0.25) is 0 Å². The van der Waals surface area contributed by atoms with Crippen LogP contribution >= 0.6 is 0 Å². The Kier molecular flexibility index (Phi) is 4.10. The van der Waals surface area contributed by atoms with Crippen LogP contribution in [0.15, 0.2) is 23.7 Å². The number of nitrogens with two attached hydrogens (primary N) is 2. The van der Waals surface area contributed by atoms with Crippen LogP contribution < -0.4 is 21.8 Å². The molecule has 3 aliphatic rings. The van der Waals surface area contributed by atoms with E-state index >= 15 is 0 Å². The summed E-state index contributed by atoms with van der Waals surface area (Å²) in [5, 5.41) is 16.3. The van der Waals surface area contributed by atoms with Crippen LogP contribution in [0.25, 0.3) is 0 Å². The number of carbonyl (C=O) groups excluding carboxylic acids is 1. The number of halogens is 2. The molecule has 1 amide bonds. The maximum atomic E-state index is 14.0. The molecule has 9 heteroatoms. The predicted molar refractivity (Wildman–Crippen MR) is 95.9 cm³/mol. The fourth-order valence-electron chi connectivity index (χ4n) is 4.40. The van der Waals surface area contributed by atoms with E-state index in [0.29, 0.717) is 17.3 Å². The maximum absolute atomic E-state index is 14.0. The van der Waals surface area contributed by atoms with E-state index in [-0.39, 0.29) is 24.3 Å². The number of fused-ring (bicyclic) bond motifs is 1. The molecule has 0 radical (unpaired) electrons. The molecule has 0 bridgehead atoms. The molecule has 1 aromatic heterocycles. The number of aromatic nitrogens is 2. The summed E-state index contributed by atoms with van der Waals surface area (Å²) in [5.74, 6) is -4.10. The van der Waals surface area contributed by atoms with Gasteiger partial charge in [0, 0.05) is 28.8 Å². The molecule has 0 unspecified atom stereocenters.